The second-order valence-electron chi connectivity index (χ2n) is 4.17. The SMILES string of the molecule is Cc1nc2cc[nH]n2c(=O)c1Oc1ccc(Cl)c(Cl)c1. The highest BCUT2D eigenvalue weighted by Crippen LogP contribution is 2.29. The van der Waals surface area contributed by atoms with Crippen molar-refractivity contribution in [2.45, 2.75) is 6.92 Å². The molecule has 3 rings (SSSR count). The van der Waals surface area contributed by atoms with E-state index in [-0.39, 0.29) is 11.3 Å². The first-order valence-corrected chi connectivity index (χ1v) is 6.51. The van der Waals surface area contributed by atoms with Gasteiger partial charge in [-0.3, -0.25) is 9.89 Å². The molecular formula is C13H9Cl2N3O2. The zero-order chi connectivity index (χ0) is 14.3. The maximum atomic E-state index is 12.3. The van der Waals surface area contributed by atoms with Crippen LogP contribution in [0, 0.1) is 6.92 Å². The topological polar surface area (TPSA) is 59.4 Å². The van der Waals surface area contributed by atoms with Crippen molar-refractivity contribution < 1.29 is 4.74 Å². The number of rotatable bonds is 2. The van der Waals surface area contributed by atoms with Crippen LogP contribution in [0.5, 0.6) is 11.5 Å². The van der Waals surface area contributed by atoms with E-state index in [1.165, 1.54) is 4.52 Å². The van der Waals surface area contributed by atoms with Crippen LogP contribution in [-0.4, -0.2) is 14.6 Å². The Morgan fingerprint density at radius 3 is 2.80 bits per heavy atom. The molecule has 20 heavy (non-hydrogen) atoms. The Morgan fingerprint density at radius 1 is 1.25 bits per heavy atom. The summed E-state index contributed by atoms with van der Waals surface area (Å²) in [6.07, 6.45) is 1.63. The van der Waals surface area contributed by atoms with E-state index in [4.69, 9.17) is 27.9 Å². The average Bonchev–Trinajstić information content (AvgIpc) is 2.87. The third kappa shape index (κ3) is 2.15. The molecule has 0 aliphatic carbocycles. The van der Waals surface area contributed by atoms with E-state index in [1.807, 2.05) is 0 Å². The fourth-order valence-corrected chi connectivity index (χ4v) is 2.12. The number of H-pyrrole nitrogens is 1. The van der Waals surface area contributed by atoms with Crippen LogP contribution in [0.25, 0.3) is 5.65 Å². The van der Waals surface area contributed by atoms with Gasteiger partial charge in [0.05, 0.1) is 15.7 Å². The van der Waals surface area contributed by atoms with Crippen molar-refractivity contribution in [1.82, 2.24) is 14.6 Å². The molecule has 1 aromatic carbocycles. The van der Waals surface area contributed by atoms with Gasteiger partial charge in [-0.25, -0.2) is 4.98 Å². The number of nitrogens with one attached hydrogen (secondary N) is 1. The predicted molar refractivity (Wildman–Crippen MR) is 77.1 cm³/mol. The Kier molecular flexibility index (Phi) is 3.16. The van der Waals surface area contributed by atoms with Crippen molar-refractivity contribution in [3.63, 3.8) is 0 Å². The summed E-state index contributed by atoms with van der Waals surface area (Å²) in [6, 6.07) is 6.49. The predicted octanol–water partition coefficient (Wildman–Crippen LogP) is 3.43. The van der Waals surface area contributed by atoms with Crippen molar-refractivity contribution in [2.75, 3.05) is 0 Å². The fraction of sp³-hybridized carbons (Fsp3) is 0.0769. The summed E-state index contributed by atoms with van der Waals surface area (Å²) >= 11 is 11.8. The first-order chi connectivity index (χ1) is 9.56. The zero-order valence-electron chi connectivity index (χ0n) is 10.4. The van der Waals surface area contributed by atoms with Gasteiger partial charge in [0.25, 0.3) is 0 Å². The van der Waals surface area contributed by atoms with Gasteiger partial charge >= 0.3 is 5.56 Å². The minimum atomic E-state index is -0.316. The molecule has 0 saturated carbocycles. The summed E-state index contributed by atoms with van der Waals surface area (Å²) < 4.78 is 6.90. The van der Waals surface area contributed by atoms with Crippen LogP contribution in [0.4, 0.5) is 0 Å². The first kappa shape index (κ1) is 13.0. The summed E-state index contributed by atoms with van der Waals surface area (Å²) in [5.41, 5.74) is 0.721. The largest absolute Gasteiger partial charge is 0.449 e. The lowest BCUT2D eigenvalue weighted by atomic mass is 10.3. The minimum Gasteiger partial charge on any atom is -0.449 e. The maximum absolute atomic E-state index is 12.3. The zero-order valence-corrected chi connectivity index (χ0v) is 11.9. The molecule has 5 nitrogen and oxygen atoms in total. The molecule has 0 aliphatic rings. The van der Waals surface area contributed by atoms with E-state index >= 15 is 0 Å². The molecule has 0 saturated heterocycles. The number of benzene rings is 1. The number of fused-ring (bicyclic) bond motifs is 1. The van der Waals surface area contributed by atoms with Crippen LogP contribution < -0.4 is 10.3 Å². The highest BCUT2D eigenvalue weighted by molar-refractivity contribution is 6.42. The Bertz CT molecular complexity index is 854. The number of ether oxygens (including phenoxy) is 1. The van der Waals surface area contributed by atoms with Crippen molar-refractivity contribution in [2.24, 2.45) is 0 Å². The number of halogens is 2. The molecule has 0 fully saturated rings. The highest BCUT2D eigenvalue weighted by Gasteiger charge is 2.13. The van der Waals surface area contributed by atoms with Crippen LogP contribution in [-0.2, 0) is 0 Å². The van der Waals surface area contributed by atoms with E-state index in [9.17, 15) is 4.79 Å². The molecule has 0 amide bonds. The number of hydrogen-bond donors (Lipinski definition) is 1. The smallest absolute Gasteiger partial charge is 0.315 e. The number of aryl methyl sites for hydroxylation is 1. The van der Waals surface area contributed by atoms with Crippen LogP contribution in [0.3, 0.4) is 0 Å². The number of aromatic nitrogens is 3. The van der Waals surface area contributed by atoms with Gasteiger partial charge in [-0.05, 0) is 19.1 Å². The van der Waals surface area contributed by atoms with E-state index < -0.39 is 0 Å². The van der Waals surface area contributed by atoms with Gasteiger partial charge in [-0.1, -0.05) is 23.2 Å². The summed E-state index contributed by atoms with van der Waals surface area (Å²) in [4.78, 5) is 16.6. The second-order valence-corrected chi connectivity index (χ2v) is 4.98. The highest BCUT2D eigenvalue weighted by atomic mass is 35.5. The van der Waals surface area contributed by atoms with Crippen molar-refractivity contribution in [1.29, 1.82) is 0 Å². The molecule has 0 unspecified atom stereocenters. The van der Waals surface area contributed by atoms with E-state index in [0.29, 0.717) is 27.1 Å². The molecular weight excluding hydrogens is 301 g/mol. The van der Waals surface area contributed by atoms with Crippen LogP contribution in [0.2, 0.25) is 10.0 Å². The molecule has 102 valence electrons. The van der Waals surface area contributed by atoms with Gasteiger partial charge in [0, 0.05) is 18.3 Å². The lowest BCUT2D eigenvalue weighted by Crippen LogP contribution is -2.18. The average molecular weight is 310 g/mol. The first-order valence-electron chi connectivity index (χ1n) is 5.76. The quantitative estimate of drug-likeness (QED) is 0.789. The monoisotopic (exact) mass is 309 g/mol. The number of hydrogen-bond acceptors (Lipinski definition) is 3. The molecule has 3 aromatic rings. The molecule has 0 spiro atoms. The molecule has 1 N–H and O–H groups in total. The Labute approximate surface area is 123 Å². The fourth-order valence-electron chi connectivity index (χ4n) is 1.83. The van der Waals surface area contributed by atoms with Crippen molar-refractivity contribution >= 4 is 28.8 Å². The van der Waals surface area contributed by atoms with E-state index in [1.54, 1.807) is 37.4 Å². The summed E-state index contributed by atoms with van der Waals surface area (Å²) in [6.45, 7) is 1.71. The summed E-state index contributed by atoms with van der Waals surface area (Å²) in [5.74, 6) is 0.566. The van der Waals surface area contributed by atoms with Gasteiger partial charge in [0.15, 0.2) is 5.65 Å². The molecule has 7 heteroatoms. The Balaban J connectivity index is 2.10. The third-order valence-corrected chi connectivity index (χ3v) is 3.52. The molecule has 0 radical (unpaired) electrons. The third-order valence-electron chi connectivity index (χ3n) is 2.78. The van der Waals surface area contributed by atoms with Gasteiger partial charge in [0.2, 0.25) is 5.75 Å². The second kappa shape index (κ2) is 4.85. The molecule has 2 heterocycles. The normalized spacial score (nSPS) is 10.9. The van der Waals surface area contributed by atoms with Crippen molar-refractivity contribution in [3.8, 4) is 11.5 Å². The summed E-state index contributed by atoms with van der Waals surface area (Å²) in [5, 5.41) is 3.56. The number of aromatic amines is 1. The van der Waals surface area contributed by atoms with Crippen LogP contribution >= 0.6 is 23.2 Å². The van der Waals surface area contributed by atoms with Crippen LogP contribution in [0.1, 0.15) is 5.69 Å². The molecule has 0 bridgehead atoms. The molecule has 0 atom stereocenters. The van der Waals surface area contributed by atoms with Crippen LogP contribution in [0.15, 0.2) is 35.3 Å². The van der Waals surface area contributed by atoms with Gasteiger partial charge < -0.3 is 4.74 Å². The summed E-state index contributed by atoms with van der Waals surface area (Å²) in [7, 11) is 0. The minimum absolute atomic E-state index is 0.142. The van der Waals surface area contributed by atoms with Gasteiger partial charge in [-0.2, -0.15) is 4.52 Å². The number of nitrogens with zero attached hydrogens (tertiary/aromatic N) is 2. The Morgan fingerprint density at radius 2 is 2.05 bits per heavy atom. The Hall–Kier alpha value is -1.98. The van der Waals surface area contributed by atoms with Gasteiger partial charge in [-0.15, -0.1) is 0 Å². The van der Waals surface area contributed by atoms with Gasteiger partial charge in [0.1, 0.15) is 5.75 Å². The van der Waals surface area contributed by atoms with E-state index in [2.05, 4.69) is 10.1 Å². The molecule has 0 aliphatic heterocycles. The lowest BCUT2D eigenvalue weighted by Gasteiger charge is -2.08. The standard InChI is InChI=1S/C13H9Cl2N3O2/c1-7-12(13(19)18-11(17-7)4-5-16-18)20-8-2-3-9(14)10(15)6-8/h2-6,16H,1H3. The maximum Gasteiger partial charge on any atom is 0.315 e. The van der Waals surface area contributed by atoms with Crippen molar-refractivity contribution in [3.05, 3.63) is 56.6 Å². The van der Waals surface area contributed by atoms with E-state index in [0.717, 1.165) is 0 Å². The lowest BCUT2D eigenvalue weighted by molar-refractivity contribution is 0.464. The molecule has 2 aromatic heterocycles.